The average molecular weight is 338 g/mol. The van der Waals surface area contributed by atoms with E-state index in [1.807, 2.05) is 54.7 Å². The van der Waals surface area contributed by atoms with Gasteiger partial charge in [-0.3, -0.25) is 4.79 Å². The molecule has 0 radical (unpaired) electrons. The first kappa shape index (κ1) is 17.0. The van der Waals surface area contributed by atoms with Crippen molar-refractivity contribution in [3.05, 3.63) is 65.9 Å². The van der Waals surface area contributed by atoms with Gasteiger partial charge in [-0.1, -0.05) is 30.3 Å². The molecule has 0 fully saturated rings. The number of benzene rings is 2. The summed E-state index contributed by atoms with van der Waals surface area (Å²) < 4.78 is 5.27. The predicted molar refractivity (Wildman–Crippen MR) is 97.5 cm³/mol. The molecule has 25 heavy (non-hydrogen) atoms. The number of nitrogens with one attached hydrogen (secondary N) is 1. The summed E-state index contributed by atoms with van der Waals surface area (Å²) in [6.07, 6.45) is 2.14. The van der Waals surface area contributed by atoms with Crippen molar-refractivity contribution in [2.45, 2.75) is 13.0 Å². The highest BCUT2D eigenvalue weighted by Crippen LogP contribution is 2.24. The number of fused-ring (bicyclic) bond motifs is 1. The predicted octanol–water partition coefficient (Wildman–Crippen LogP) is 2.74. The number of H-pyrrole nitrogens is 1. The van der Waals surface area contributed by atoms with Gasteiger partial charge in [-0.05, 0) is 29.3 Å². The number of carbonyl (C=O) groups excluding carboxylic acids is 1. The minimum absolute atomic E-state index is 0.0124. The Labute approximate surface area is 146 Å². The fourth-order valence-electron chi connectivity index (χ4n) is 2.92. The molecule has 0 saturated heterocycles. The number of carbonyl (C=O) groups is 1. The number of amides is 1. The fraction of sp³-hybridized carbons (Fsp3) is 0.250. The van der Waals surface area contributed by atoms with Gasteiger partial charge in [0, 0.05) is 30.2 Å². The highest BCUT2D eigenvalue weighted by Gasteiger charge is 2.16. The first-order chi connectivity index (χ1) is 12.2. The first-order valence-electron chi connectivity index (χ1n) is 8.28. The van der Waals surface area contributed by atoms with Crippen LogP contribution in [0.15, 0.2) is 54.7 Å². The van der Waals surface area contributed by atoms with Crippen molar-refractivity contribution in [3.63, 3.8) is 0 Å². The lowest BCUT2D eigenvalue weighted by Gasteiger charge is -2.22. The second kappa shape index (κ2) is 7.85. The molecule has 3 aromatic rings. The molecule has 0 aliphatic heterocycles. The smallest absolute Gasteiger partial charge is 0.227 e. The zero-order valence-electron chi connectivity index (χ0n) is 14.2. The molecule has 0 bridgehead atoms. The van der Waals surface area contributed by atoms with Crippen LogP contribution >= 0.6 is 0 Å². The van der Waals surface area contributed by atoms with Crippen molar-refractivity contribution >= 4 is 16.8 Å². The average Bonchev–Trinajstić information content (AvgIpc) is 3.04. The Morgan fingerprint density at radius 3 is 2.72 bits per heavy atom. The summed E-state index contributed by atoms with van der Waals surface area (Å²) in [4.78, 5) is 17.7. The minimum atomic E-state index is -0.0553. The van der Waals surface area contributed by atoms with Gasteiger partial charge in [-0.25, -0.2) is 0 Å². The number of rotatable bonds is 7. The summed E-state index contributed by atoms with van der Waals surface area (Å²) in [7, 11) is 1.63. The Hall–Kier alpha value is -2.79. The van der Waals surface area contributed by atoms with Gasteiger partial charge in [0.2, 0.25) is 5.91 Å². The van der Waals surface area contributed by atoms with Gasteiger partial charge in [0.15, 0.2) is 0 Å². The van der Waals surface area contributed by atoms with Crippen LogP contribution in [0.4, 0.5) is 0 Å². The number of aliphatic hydroxyl groups excluding tert-OH is 1. The molecule has 0 spiro atoms. The lowest BCUT2D eigenvalue weighted by Crippen LogP contribution is -2.34. The van der Waals surface area contributed by atoms with Crippen molar-refractivity contribution < 1.29 is 14.6 Å². The van der Waals surface area contributed by atoms with E-state index in [0.29, 0.717) is 13.1 Å². The van der Waals surface area contributed by atoms with Crippen molar-refractivity contribution in [3.8, 4) is 5.75 Å². The molecule has 0 aliphatic rings. The SMILES string of the molecule is COc1ccc2[nH]cc(CC(=O)N(CCO)Cc3ccccc3)c2c1. The van der Waals surface area contributed by atoms with Crippen molar-refractivity contribution in [2.24, 2.45) is 0 Å². The summed E-state index contributed by atoms with van der Waals surface area (Å²) in [5.41, 5.74) is 2.94. The van der Waals surface area contributed by atoms with Gasteiger partial charge in [0.25, 0.3) is 0 Å². The van der Waals surface area contributed by atoms with E-state index < -0.39 is 0 Å². The van der Waals surface area contributed by atoms with Crippen LogP contribution in [0.2, 0.25) is 0 Å². The molecule has 5 heteroatoms. The molecule has 0 saturated carbocycles. The molecule has 0 atom stereocenters. The Morgan fingerprint density at radius 2 is 2.00 bits per heavy atom. The summed E-state index contributed by atoms with van der Waals surface area (Å²) in [5.74, 6) is 0.749. The van der Waals surface area contributed by atoms with Gasteiger partial charge in [-0.15, -0.1) is 0 Å². The zero-order valence-corrected chi connectivity index (χ0v) is 14.2. The second-order valence-corrected chi connectivity index (χ2v) is 5.93. The van der Waals surface area contributed by atoms with Crippen LogP contribution in [0, 0.1) is 0 Å². The van der Waals surface area contributed by atoms with Crippen LogP contribution in [0.25, 0.3) is 10.9 Å². The maximum Gasteiger partial charge on any atom is 0.227 e. The molecular formula is C20H22N2O3. The van der Waals surface area contributed by atoms with E-state index >= 15 is 0 Å². The lowest BCUT2D eigenvalue weighted by atomic mass is 10.1. The topological polar surface area (TPSA) is 65.6 Å². The van der Waals surface area contributed by atoms with Crippen molar-refractivity contribution in [1.82, 2.24) is 9.88 Å². The summed E-state index contributed by atoms with van der Waals surface area (Å²) >= 11 is 0. The third-order valence-corrected chi connectivity index (χ3v) is 4.26. The van der Waals surface area contributed by atoms with Gasteiger partial charge in [-0.2, -0.15) is 0 Å². The second-order valence-electron chi connectivity index (χ2n) is 5.93. The molecule has 5 nitrogen and oxygen atoms in total. The number of methoxy groups -OCH3 is 1. The zero-order chi connectivity index (χ0) is 17.6. The number of hydrogen-bond donors (Lipinski definition) is 2. The molecular weight excluding hydrogens is 316 g/mol. The van der Waals surface area contributed by atoms with E-state index in [1.165, 1.54) is 0 Å². The Balaban J connectivity index is 1.79. The standard InChI is InChI=1S/C20H22N2O3/c1-25-17-7-8-19-18(12-17)16(13-21-19)11-20(24)22(9-10-23)14-15-5-3-2-4-6-15/h2-8,12-13,21,23H,9-11,14H2,1H3. The van der Waals surface area contributed by atoms with E-state index in [9.17, 15) is 9.90 Å². The van der Waals surface area contributed by atoms with E-state index in [-0.39, 0.29) is 18.9 Å². The molecule has 3 rings (SSSR count). The Kier molecular flexibility index (Phi) is 5.36. The van der Waals surface area contributed by atoms with Crippen LogP contribution in [0.1, 0.15) is 11.1 Å². The summed E-state index contributed by atoms with van der Waals surface area (Å²) in [5, 5.41) is 10.3. The number of aromatic amines is 1. The molecule has 0 aliphatic carbocycles. The third-order valence-electron chi connectivity index (χ3n) is 4.26. The van der Waals surface area contributed by atoms with Gasteiger partial charge in [0.1, 0.15) is 5.75 Å². The van der Waals surface area contributed by atoms with Crippen LogP contribution < -0.4 is 4.74 Å². The molecule has 2 aromatic carbocycles. The van der Waals surface area contributed by atoms with E-state index in [2.05, 4.69) is 4.98 Å². The number of aliphatic hydroxyl groups is 1. The van der Waals surface area contributed by atoms with E-state index in [0.717, 1.165) is 27.8 Å². The van der Waals surface area contributed by atoms with Crippen molar-refractivity contribution in [1.29, 1.82) is 0 Å². The van der Waals surface area contributed by atoms with Crippen LogP contribution in [-0.2, 0) is 17.8 Å². The highest BCUT2D eigenvalue weighted by molar-refractivity contribution is 5.89. The van der Waals surface area contributed by atoms with Gasteiger partial charge >= 0.3 is 0 Å². The molecule has 1 amide bonds. The number of ether oxygens (including phenoxy) is 1. The maximum atomic E-state index is 12.8. The highest BCUT2D eigenvalue weighted by atomic mass is 16.5. The van der Waals surface area contributed by atoms with Gasteiger partial charge in [0.05, 0.1) is 20.1 Å². The third kappa shape index (κ3) is 4.00. The number of hydrogen-bond acceptors (Lipinski definition) is 3. The minimum Gasteiger partial charge on any atom is -0.497 e. The molecule has 2 N–H and O–H groups in total. The normalized spacial score (nSPS) is 10.8. The maximum absolute atomic E-state index is 12.8. The quantitative estimate of drug-likeness (QED) is 0.696. The largest absolute Gasteiger partial charge is 0.497 e. The number of aromatic nitrogens is 1. The first-order valence-corrected chi connectivity index (χ1v) is 8.28. The lowest BCUT2D eigenvalue weighted by molar-refractivity contribution is -0.131. The molecule has 0 unspecified atom stereocenters. The van der Waals surface area contributed by atoms with Crippen molar-refractivity contribution in [2.75, 3.05) is 20.3 Å². The monoisotopic (exact) mass is 338 g/mol. The molecule has 1 aromatic heterocycles. The van der Waals surface area contributed by atoms with Crippen LogP contribution in [0.3, 0.4) is 0 Å². The van der Waals surface area contributed by atoms with E-state index in [4.69, 9.17) is 4.74 Å². The van der Waals surface area contributed by atoms with Crippen LogP contribution in [0.5, 0.6) is 5.75 Å². The van der Waals surface area contributed by atoms with Crippen LogP contribution in [-0.4, -0.2) is 41.2 Å². The Bertz CT molecular complexity index is 843. The molecule has 130 valence electrons. The van der Waals surface area contributed by atoms with Gasteiger partial charge < -0.3 is 19.7 Å². The number of nitrogens with zero attached hydrogens (tertiary/aromatic N) is 1. The van der Waals surface area contributed by atoms with E-state index in [1.54, 1.807) is 12.0 Å². The Morgan fingerprint density at radius 1 is 1.20 bits per heavy atom. The fourth-order valence-corrected chi connectivity index (χ4v) is 2.92. The summed E-state index contributed by atoms with van der Waals surface area (Å²) in [6.45, 7) is 0.756. The summed E-state index contributed by atoms with van der Waals surface area (Å²) in [6, 6.07) is 15.6. The molecule has 1 heterocycles.